The van der Waals surface area contributed by atoms with Gasteiger partial charge in [-0.05, 0) is 63.1 Å². The molecule has 77 heavy (non-hydrogen) atoms. The van der Waals surface area contributed by atoms with Gasteiger partial charge < -0.3 is 49.7 Å². The maximum Gasteiger partial charge on any atom is 0.427 e. The highest BCUT2D eigenvalue weighted by molar-refractivity contribution is 14.0. The van der Waals surface area contributed by atoms with E-state index in [1.807, 2.05) is 54.8 Å². The number of nitrogens with two attached hydrogens (primary N) is 1. The molecule has 4 unspecified atom stereocenters. The number of carbonyl (C=O) groups excluding carboxylic acids is 1. The summed E-state index contributed by atoms with van der Waals surface area (Å²) < 4.78 is 36.8. The predicted molar refractivity (Wildman–Crippen MR) is 297 cm³/mol. The number of carbonyl (C=O) groups is 1. The van der Waals surface area contributed by atoms with Gasteiger partial charge >= 0.3 is 23.2 Å². The third-order valence-electron chi connectivity index (χ3n) is 14.7. The van der Waals surface area contributed by atoms with E-state index in [0.29, 0.717) is 50.9 Å². The van der Waals surface area contributed by atoms with Gasteiger partial charge in [-0.3, -0.25) is 18.6 Å². The molecule has 5 fully saturated rings. The van der Waals surface area contributed by atoms with Gasteiger partial charge in [-0.1, -0.05) is 12.1 Å². The summed E-state index contributed by atoms with van der Waals surface area (Å²) in [6.45, 7) is 11.5. The molecule has 4 atom stereocenters. The van der Waals surface area contributed by atoms with Crippen molar-refractivity contribution in [3.8, 4) is 0 Å². The fraction of sp³-hybridized carbons (Fsp3) is 0.688. The Morgan fingerprint density at radius 3 is 1.88 bits per heavy atom. The lowest BCUT2D eigenvalue weighted by atomic mass is 9.99. The van der Waals surface area contributed by atoms with Gasteiger partial charge in [-0.25, -0.2) is 43.5 Å². The highest BCUT2D eigenvalue weighted by Gasteiger charge is 2.42. The fourth-order valence-corrected chi connectivity index (χ4v) is 10.4. The van der Waals surface area contributed by atoms with Gasteiger partial charge in [0.15, 0.2) is 0 Å². The molecule has 8 aliphatic heterocycles. The van der Waals surface area contributed by atoms with Crippen LogP contribution in [-0.2, 0) is 53.5 Å². The lowest BCUT2D eigenvalue weighted by Gasteiger charge is -2.39. The maximum absolute atomic E-state index is 13.1. The van der Waals surface area contributed by atoms with E-state index in [1.165, 1.54) is 27.9 Å². The molecule has 3 aromatic heterocycles. The Kier molecular flexibility index (Phi) is 20.6. The molecule has 5 N–H and O–H groups in total. The molecular formula is C48H77FIN19O8. The van der Waals surface area contributed by atoms with Crippen molar-refractivity contribution in [1.29, 1.82) is 0 Å². The van der Waals surface area contributed by atoms with Crippen molar-refractivity contribution < 1.29 is 28.5 Å². The first-order valence-corrected chi connectivity index (χ1v) is 26.3. The highest BCUT2D eigenvalue weighted by Crippen LogP contribution is 2.37. The van der Waals surface area contributed by atoms with E-state index in [0.717, 1.165) is 126 Å². The van der Waals surface area contributed by atoms with Gasteiger partial charge in [-0.15, -0.1) is 39.3 Å². The second kappa shape index (κ2) is 27.0. The Balaban J connectivity index is 0.000000155. The maximum atomic E-state index is 13.1. The second-order valence-electron chi connectivity index (χ2n) is 20.3. The van der Waals surface area contributed by atoms with Crippen LogP contribution in [0.4, 0.5) is 27.0 Å². The van der Waals surface area contributed by atoms with Crippen molar-refractivity contribution in [2.24, 2.45) is 16.0 Å². The summed E-state index contributed by atoms with van der Waals surface area (Å²) in [5.74, 6) is 8.97. The number of nitrogens with zero attached hydrogens (tertiary/aromatic N) is 16. The van der Waals surface area contributed by atoms with E-state index in [2.05, 4.69) is 50.6 Å². The minimum atomic E-state index is -0.640. The molecule has 0 radical (unpaired) electrons. The van der Waals surface area contributed by atoms with Crippen LogP contribution >= 0.6 is 24.0 Å². The number of rotatable bonds is 11. The van der Waals surface area contributed by atoms with E-state index < -0.39 is 12.2 Å². The van der Waals surface area contributed by atoms with E-state index in [1.54, 1.807) is 32.8 Å². The van der Waals surface area contributed by atoms with Gasteiger partial charge in [0.1, 0.15) is 23.6 Å². The quantitative estimate of drug-likeness (QED) is 0.0689. The summed E-state index contributed by atoms with van der Waals surface area (Å²) in [7, 11) is 9.76. The first-order chi connectivity index (χ1) is 36.6. The van der Waals surface area contributed by atoms with Crippen LogP contribution in [0.3, 0.4) is 0 Å². The third kappa shape index (κ3) is 15.0. The minimum Gasteiger partial charge on any atom is -0.449 e. The van der Waals surface area contributed by atoms with Crippen molar-refractivity contribution in [2.45, 2.75) is 128 Å². The Bertz CT molecular complexity index is 2790. The number of halogens is 2. The smallest absolute Gasteiger partial charge is 0.427 e. The molecule has 0 aliphatic carbocycles. The van der Waals surface area contributed by atoms with Crippen LogP contribution in [0.15, 0.2) is 48.9 Å². The summed E-state index contributed by atoms with van der Waals surface area (Å²) in [5.41, 5.74) is 3.05. The number of amidine groups is 2. The molecule has 4 aromatic rings. The minimum absolute atomic E-state index is 0. The Morgan fingerprint density at radius 1 is 0.805 bits per heavy atom. The van der Waals surface area contributed by atoms with Crippen LogP contribution in [0.25, 0.3) is 0 Å². The number of hydrogen-bond donors (Lipinski definition) is 4. The van der Waals surface area contributed by atoms with Gasteiger partial charge in [0.25, 0.3) is 0 Å². The SMILES string of the molecule is CCOC(=O)N/N=C1\CCCN1C.CN1CCC/C1=N\N.CN1CCn2c1n[nH]c2=O.CN1CCn2c1nn(CC(O)CN1C3CCC1CC(OCc1ccc(F)cc1)C3)c2=O.CN1CCn2c1nn(CC1CO1)c2=O.I. The van der Waals surface area contributed by atoms with E-state index in [9.17, 15) is 28.7 Å². The zero-order valence-corrected chi connectivity index (χ0v) is 47.4. The van der Waals surface area contributed by atoms with Crippen LogP contribution in [0.2, 0.25) is 0 Å². The molecule has 11 heterocycles. The molecule has 0 saturated carbocycles. The number of anilines is 3. The van der Waals surface area contributed by atoms with E-state index >= 15 is 0 Å². The number of H-pyrrole nitrogens is 1. The number of hydrogen-bond acceptors (Lipinski definition) is 18. The lowest BCUT2D eigenvalue weighted by molar-refractivity contribution is -0.0402. The van der Waals surface area contributed by atoms with Crippen LogP contribution in [0.5, 0.6) is 0 Å². The number of benzene rings is 1. The molecule has 1 amide bonds. The first-order valence-electron chi connectivity index (χ1n) is 26.3. The van der Waals surface area contributed by atoms with Crippen molar-refractivity contribution in [1.82, 2.24) is 63.6 Å². The van der Waals surface area contributed by atoms with Crippen LogP contribution in [-0.4, -0.2) is 199 Å². The second-order valence-corrected chi connectivity index (χ2v) is 20.3. The zero-order valence-electron chi connectivity index (χ0n) is 45.1. The number of aromatic amines is 1. The number of aliphatic hydroxyl groups is 1. The van der Waals surface area contributed by atoms with E-state index in [4.69, 9.17) is 15.3 Å². The molecule has 12 rings (SSSR count). The molecule has 8 aliphatic rings. The number of piperidine rings is 1. The summed E-state index contributed by atoms with van der Waals surface area (Å²) >= 11 is 0. The Hall–Kier alpha value is -6.05. The summed E-state index contributed by atoms with van der Waals surface area (Å²) in [5, 5.41) is 33.1. The molecular weight excluding hydrogens is 1120 g/mol. The lowest BCUT2D eigenvalue weighted by Crippen LogP contribution is -2.49. The molecule has 2 bridgehead atoms. The van der Waals surface area contributed by atoms with Gasteiger partial charge in [-0.2, -0.15) is 10.2 Å². The standard InChI is InChI=1S/C22H30FN5O3.C8H12N4O2.C8H15N3O2.C5H8N4O.C5H11N3.HI/c1-25-8-9-26-21(25)24-28(22(26)30)13-19(29)12-27-17-6-7-18(27)11-20(10-17)31-14-15-2-4-16(23)5-3-15;1-10-2-3-11-7(10)9-12(8(11)13)4-6-5-14-6;1-3-13-8(12)10-9-7-5-4-6-11(7)2;1-8-2-3-9-4(8)6-7-5(9)10;1-8-4-2-3-5(8)7-6;/h2-5,17-20,29H,6-14H2,1H3;6H,2-5H2,1H3;3-6H2,1-2H3,(H,10,12);2-3H2,1H3,(H,7,10);2-4,6H2,1H3;1H/b;;9-7+;;7-5+;. The zero-order chi connectivity index (χ0) is 54.0. The van der Waals surface area contributed by atoms with Gasteiger partial charge in [0.2, 0.25) is 17.8 Å². The van der Waals surface area contributed by atoms with Crippen molar-refractivity contribution >= 4 is 59.6 Å². The largest absolute Gasteiger partial charge is 0.449 e. The van der Waals surface area contributed by atoms with Crippen molar-refractivity contribution in [3.05, 3.63) is 67.1 Å². The number of likely N-dealkylation sites (N-methyl/N-ethyl adjacent to an activating group) is 3. The fourth-order valence-electron chi connectivity index (χ4n) is 10.4. The number of fused-ring (bicyclic) bond motifs is 5. The Labute approximate surface area is 463 Å². The summed E-state index contributed by atoms with van der Waals surface area (Å²) in [4.78, 5) is 58.4. The first kappa shape index (κ1) is 58.6. The molecule has 29 heteroatoms. The van der Waals surface area contributed by atoms with E-state index in [-0.39, 0.29) is 65.6 Å². The van der Waals surface area contributed by atoms with Crippen LogP contribution in [0, 0.1) is 5.82 Å². The summed E-state index contributed by atoms with van der Waals surface area (Å²) in [6, 6.07) is 7.24. The number of aromatic nitrogens is 9. The molecule has 426 valence electrons. The molecule has 5 saturated heterocycles. The topological polar surface area (TPSA) is 281 Å². The van der Waals surface area contributed by atoms with Gasteiger partial charge in [0, 0.05) is 119 Å². The van der Waals surface area contributed by atoms with Crippen LogP contribution < -0.4 is 43.0 Å². The number of hydrazone groups is 2. The summed E-state index contributed by atoms with van der Waals surface area (Å²) in [6.07, 6.45) is 7.62. The van der Waals surface area contributed by atoms with Crippen molar-refractivity contribution in [2.75, 3.05) is 102 Å². The molecule has 1 aromatic carbocycles. The number of likely N-dealkylation sites (tertiary alicyclic amines) is 2. The monoisotopic (exact) mass is 1190 g/mol. The third-order valence-corrected chi connectivity index (χ3v) is 14.7. The van der Waals surface area contributed by atoms with Crippen molar-refractivity contribution in [3.63, 3.8) is 0 Å². The number of ether oxygens (including phenoxy) is 3. The number of nitrogens with one attached hydrogen (secondary N) is 2. The molecule has 27 nitrogen and oxygen atoms in total. The normalized spacial score (nSPS) is 22.9. The molecule has 0 spiro atoms. The number of aliphatic hydroxyl groups excluding tert-OH is 1. The Morgan fingerprint density at radius 2 is 1.36 bits per heavy atom. The predicted octanol–water partition coefficient (Wildman–Crippen LogP) is 0.495. The van der Waals surface area contributed by atoms with Crippen LogP contribution in [0.1, 0.15) is 63.9 Å². The highest BCUT2D eigenvalue weighted by atomic mass is 127. The number of amides is 1. The average molecular weight is 1190 g/mol. The average Bonchev–Trinajstić information content (AvgIpc) is 4.18. The van der Waals surface area contributed by atoms with Gasteiger partial charge in [0.05, 0.1) is 45.1 Å². The number of epoxide rings is 1.